The Morgan fingerprint density at radius 3 is 2.71 bits per heavy atom. The zero-order valence-corrected chi connectivity index (χ0v) is 15.8. The SMILES string of the molecule is CCNC(=S)N1CCc2cc(OC)c(OC)cc2[C@@H]1c1cccs1. The maximum absolute atomic E-state index is 5.63. The summed E-state index contributed by atoms with van der Waals surface area (Å²) in [5.41, 5.74) is 2.53. The number of methoxy groups -OCH3 is 2. The molecule has 1 N–H and O–H groups in total. The van der Waals surface area contributed by atoms with Crippen LogP contribution in [0.2, 0.25) is 0 Å². The van der Waals surface area contributed by atoms with E-state index in [1.54, 1.807) is 25.6 Å². The van der Waals surface area contributed by atoms with Gasteiger partial charge >= 0.3 is 0 Å². The van der Waals surface area contributed by atoms with Crippen LogP contribution in [0.5, 0.6) is 11.5 Å². The molecule has 0 saturated carbocycles. The topological polar surface area (TPSA) is 33.7 Å². The molecule has 1 aliphatic heterocycles. The Kier molecular flexibility index (Phi) is 5.26. The standard InChI is InChI=1S/C18H22N2O2S2/c1-4-19-18(23)20-8-7-12-10-14(21-2)15(22-3)11-13(12)17(20)16-6-5-9-24-16/h5-6,9-11,17H,4,7-8H2,1-3H3,(H,19,23)/t17-/m1/s1. The highest BCUT2D eigenvalue weighted by Crippen LogP contribution is 2.42. The summed E-state index contributed by atoms with van der Waals surface area (Å²) in [6.45, 7) is 3.78. The zero-order valence-electron chi connectivity index (χ0n) is 14.2. The summed E-state index contributed by atoms with van der Waals surface area (Å²) in [7, 11) is 3.35. The highest BCUT2D eigenvalue weighted by molar-refractivity contribution is 7.80. The van der Waals surface area contributed by atoms with Gasteiger partial charge in [-0.3, -0.25) is 0 Å². The second kappa shape index (κ2) is 7.40. The Hall–Kier alpha value is -1.79. The van der Waals surface area contributed by atoms with Crippen molar-refractivity contribution in [1.82, 2.24) is 10.2 Å². The summed E-state index contributed by atoms with van der Waals surface area (Å²) in [5.74, 6) is 1.54. The van der Waals surface area contributed by atoms with Gasteiger partial charge in [0.25, 0.3) is 0 Å². The minimum absolute atomic E-state index is 0.111. The molecule has 4 nitrogen and oxygen atoms in total. The lowest BCUT2D eigenvalue weighted by atomic mass is 9.91. The number of ether oxygens (including phenoxy) is 2. The molecular formula is C18H22N2O2S2. The Bertz CT molecular complexity index is 716. The fourth-order valence-electron chi connectivity index (χ4n) is 3.17. The van der Waals surface area contributed by atoms with Crippen LogP contribution in [0.4, 0.5) is 0 Å². The molecule has 0 bridgehead atoms. The minimum atomic E-state index is 0.111. The van der Waals surface area contributed by atoms with Crippen molar-refractivity contribution in [1.29, 1.82) is 0 Å². The predicted octanol–water partition coefficient (Wildman–Crippen LogP) is 3.61. The Labute approximate surface area is 152 Å². The van der Waals surface area contributed by atoms with Crippen molar-refractivity contribution in [3.63, 3.8) is 0 Å². The molecule has 0 unspecified atom stereocenters. The van der Waals surface area contributed by atoms with Gasteiger partial charge in [-0.25, -0.2) is 0 Å². The number of thiocarbonyl (C=S) groups is 1. The van der Waals surface area contributed by atoms with Crippen LogP contribution >= 0.6 is 23.6 Å². The van der Waals surface area contributed by atoms with Crippen LogP contribution in [-0.4, -0.2) is 37.3 Å². The summed E-state index contributed by atoms with van der Waals surface area (Å²) in [6, 6.07) is 8.56. The second-order valence-electron chi connectivity index (χ2n) is 5.60. The lowest BCUT2D eigenvalue weighted by molar-refractivity contribution is 0.327. The van der Waals surface area contributed by atoms with E-state index in [0.29, 0.717) is 0 Å². The lowest BCUT2D eigenvalue weighted by Crippen LogP contribution is -2.45. The first kappa shape index (κ1) is 17.0. The number of fused-ring (bicyclic) bond motifs is 1. The maximum atomic E-state index is 5.63. The van der Waals surface area contributed by atoms with Crippen LogP contribution in [0.15, 0.2) is 29.6 Å². The van der Waals surface area contributed by atoms with Crippen molar-refractivity contribution in [2.75, 3.05) is 27.3 Å². The molecule has 2 heterocycles. The van der Waals surface area contributed by atoms with E-state index in [0.717, 1.165) is 36.1 Å². The molecule has 6 heteroatoms. The average Bonchev–Trinajstić information content (AvgIpc) is 3.13. The van der Waals surface area contributed by atoms with Gasteiger partial charge in [-0.1, -0.05) is 6.07 Å². The van der Waals surface area contributed by atoms with Gasteiger partial charge in [0.15, 0.2) is 16.6 Å². The molecule has 0 spiro atoms. The van der Waals surface area contributed by atoms with E-state index in [1.807, 2.05) is 0 Å². The molecule has 1 aliphatic rings. The van der Waals surface area contributed by atoms with E-state index >= 15 is 0 Å². The van der Waals surface area contributed by atoms with Crippen LogP contribution in [0.3, 0.4) is 0 Å². The number of rotatable bonds is 4. The zero-order chi connectivity index (χ0) is 17.1. The molecule has 3 rings (SSSR count). The Morgan fingerprint density at radius 2 is 2.08 bits per heavy atom. The summed E-state index contributed by atoms with van der Waals surface area (Å²) in [6.07, 6.45) is 0.934. The molecular weight excluding hydrogens is 340 g/mol. The van der Waals surface area contributed by atoms with Crippen molar-refractivity contribution in [3.8, 4) is 11.5 Å². The quantitative estimate of drug-likeness (QED) is 0.841. The number of nitrogens with zero attached hydrogens (tertiary/aromatic N) is 1. The van der Waals surface area contributed by atoms with Crippen molar-refractivity contribution in [2.24, 2.45) is 0 Å². The van der Waals surface area contributed by atoms with Crippen LogP contribution in [0, 0.1) is 0 Å². The van der Waals surface area contributed by atoms with Crippen LogP contribution in [0.25, 0.3) is 0 Å². The molecule has 2 aromatic rings. The third-order valence-electron chi connectivity index (χ3n) is 4.28. The molecule has 1 aromatic carbocycles. The van der Waals surface area contributed by atoms with E-state index < -0.39 is 0 Å². The molecule has 0 radical (unpaired) electrons. The Morgan fingerprint density at radius 1 is 1.33 bits per heavy atom. The molecule has 128 valence electrons. The normalized spacial score (nSPS) is 16.5. The van der Waals surface area contributed by atoms with Gasteiger partial charge in [0.05, 0.1) is 20.3 Å². The molecule has 0 aliphatic carbocycles. The van der Waals surface area contributed by atoms with E-state index in [9.17, 15) is 0 Å². The molecule has 0 amide bonds. The molecule has 0 fully saturated rings. The van der Waals surface area contributed by atoms with Crippen LogP contribution < -0.4 is 14.8 Å². The van der Waals surface area contributed by atoms with Gasteiger partial charge < -0.3 is 19.7 Å². The lowest BCUT2D eigenvalue weighted by Gasteiger charge is -2.39. The van der Waals surface area contributed by atoms with E-state index in [1.165, 1.54) is 16.0 Å². The monoisotopic (exact) mass is 362 g/mol. The average molecular weight is 363 g/mol. The third kappa shape index (κ3) is 3.08. The molecule has 1 aromatic heterocycles. The highest BCUT2D eigenvalue weighted by atomic mass is 32.1. The van der Waals surface area contributed by atoms with Gasteiger partial charge in [-0.15, -0.1) is 11.3 Å². The van der Waals surface area contributed by atoms with Gasteiger partial charge in [0, 0.05) is 18.0 Å². The molecule has 0 saturated heterocycles. The van der Waals surface area contributed by atoms with Gasteiger partial charge in [0.2, 0.25) is 0 Å². The predicted molar refractivity (Wildman–Crippen MR) is 102 cm³/mol. The van der Waals surface area contributed by atoms with Crippen molar-refractivity contribution >= 4 is 28.7 Å². The largest absolute Gasteiger partial charge is 0.493 e. The number of hydrogen-bond acceptors (Lipinski definition) is 4. The number of thiophene rings is 1. The maximum Gasteiger partial charge on any atom is 0.169 e. The van der Waals surface area contributed by atoms with Crippen LogP contribution in [0.1, 0.15) is 29.0 Å². The number of nitrogens with one attached hydrogen (secondary N) is 1. The first-order chi connectivity index (χ1) is 11.7. The summed E-state index contributed by atoms with van der Waals surface area (Å²) in [4.78, 5) is 3.56. The van der Waals surface area contributed by atoms with Crippen molar-refractivity contribution in [3.05, 3.63) is 45.6 Å². The molecule has 24 heavy (non-hydrogen) atoms. The smallest absolute Gasteiger partial charge is 0.169 e. The van der Waals surface area contributed by atoms with E-state index in [4.69, 9.17) is 21.7 Å². The first-order valence-electron chi connectivity index (χ1n) is 8.02. The highest BCUT2D eigenvalue weighted by Gasteiger charge is 2.32. The number of hydrogen-bond donors (Lipinski definition) is 1. The summed E-state index contributed by atoms with van der Waals surface area (Å²) in [5, 5.41) is 6.21. The van der Waals surface area contributed by atoms with Gasteiger partial charge in [0.1, 0.15) is 0 Å². The number of benzene rings is 1. The minimum Gasteiger partial charge on any atom is -0.493 e. The van der Waals surface area contributed by atoms with Gasteiger partial charge in [-0.05, 0) is 60.3 Å². The van der Waals surface area contributed by atoms with Crippen molar-refractivity contribution < 1.29 is 9.47 Å². The van der Waals surface area contributed by atoms with Gasteiger partial charge in [-0.2, -0.15) is 0 Å². The first-order valence-corrected chi connectivity index (χ1v) is 9.31. The Balaban J connectivity index is 2.10. The molecule has 1 atom stereocenters. The fraction of sp³-hybridized carbons (Fsp3) is 0.389. The third-order valence-corrected chi connectivity index (χ3v) is 5.58. The van der Waals surface area contributed by atoms with Crippen molar-refractivity contribution in [2.45, 2.75) is 19.4 Å². The van der Waals surface area contributed by atoms with Crippen LogP contribution in [-0.2, 0) is 6.42 Å². The summed E-state index contributed by atoms with van der Waals surface area (Å²) < 4.78 is 11.0. The van der Waals surface area contributed by atoms with E-state index in [2.05, 4.69) is 46.8 Å². The fourth-order valence-corrected chi connectivity index (χ4v) is 4.37. The second-order valence-corrected chi connectivity index (χ2v) is 6.97. The summed E-state index contributed by atoms with van der Waals surface area (Å²) >= 11 is 7.38. The van der Waals surface area contributed by atoms with E-state index in [-0.39, 0.29) is 6.04 Å².